The van der Waals surface area contributed by atoms with Crippen molar-refractivity contribution in [2.45, 2.75) is 96.7 Å². The largest absolute Gasteiger partial charge is 0.390 e. The fourth-order valence-corrected chi connectivity index (χ4v) is 5.67. The van der Waals surface area contributed by atoms with Gasteiger partial charge in [0.25, 0.3) is 11.8 Å². The Hall–Kier alpha value is -2.84. The van der Waals surface area contributed by atoms with Crippen LogP contribution in [0.4, 0.5) is 8.78 Å². The molecule has 1 fully saturated rings. The molecule has 8 heteroatoms. The van der Waals surface area contributed by atoms with Gasteiger partial charge in [-0.3, -0.25) is 9.59 Å². The van der Waals surface area contributed by atoms with E-state index in [0.29, 0.717) is 29.8 Å². The number of hydrogen-bond acceptors (Lipinski definition) is 4. The van der Waals surface area contributed by atoms with Gasteiger partial charge in [0.15, 0.2) is 0 Å². The molecule has 1 aliphatic carbocycles. The molecule has 220 valence electrons. The zero-order valence-electron chi connectivity index (χ0n) is 24.2. The second kappa shape index (κ2) is 15.2. The van der Waals surface area contributed by atoms with Crippen molar-refractivity contribution in [1.29, 1.82) is 0 Å². The highest BCUT2D eigenvalue weighted by molar-refractivity contribution is 6.00. The maximum Gasteiger partial charge on any atom is 0.254 e. The molecule has 0 heterocycles. The van der Waals surface area contributed by atoms with Crippen molar-refractivity contribution in [2.75, 3.05) is 19.6 Å². The van der Waals surface area contributed by atoms with Crippen LogP contribution in [0.3, 0.4) is 0 Å². The van der Waals surface area contributed by atoms with E-state index in [1.165, 1.54) is 12.1 Å². The molecule has 0 bridgehead atoms. The van der Waals surface area contributed by atoms with Crippen LogP contribution in [0.2, 0.25) is 0 Å². The number of nitrogens with zero attached hydrogens (tertiary/aromatic N) is 2. The second-order valence-corrected chi connectivity index (χ2v) is 11.2. The Morgan fingerprint density at radius 2 is 1.45 bits per heavy atom. The lowest BCUT2D eigenvalue weighted by Crippen LogP contribution is -2.50. The lowest BCUT2D eigenvalue weighted by molar-refractivity contribution is 0.0435. The smallest absolute Gasteiger partial charge is 0.254 e. The molecule has 1 saturated carbocycles. The lowest BCUT2D eigenvalue weighted by Gasteiger charge is -2.35. The summed E-state index contributed by atoms with van der Waals surface area (Å²) in [5.74, 6) is -1.74. The summed E-state index contributed by atoms with van der Waals surface area (Å²) in [6, 6.07) is 7.58. The van der Waals surface area contributed by atoms with Gasteiger partial charge in [0.05, 0.1) is 6.10 Å². The summed E-state index contributed by atoms with van der Waals surface area (Å²) in [6.07, 6.45) is 6.46. The first-order valence-corrected chi connectivity index (χ1v) is 14.7. The van der Waals surface area contributed by atoms with Crippen LogP contribution in [0.5, 0.6) is 0 Å². The second-order valence-electron chi connectivity index (χ2n) is 11.2. The van der Waals surface area contributed by atoms with E-state index in [2.05, 4.69) is 0 Å². The first-order valence-electron chi connectivity index (χ1n) is 14.7. The molecular weight excluding hydrogens is 512 g/mol. The minimum atomic E-state index is -1.10. The molecule has 3 rings (SSSR count). The van der Waals surface area contributed by atoms with Crippen molar-refractivity contribution >= 4 is 11.8 Å². The van der Waals surface area contributed by atoms with Crippen LogP contribution in [0, 0.1) is 18.6 Å². The van der Waals surface area contributed by atoms with Crippen LogP contribution in [0.1, 0.15) is 97.1 Å². The SMILES string of the molecule is CCCN(CCC)C(=O)c1cc(C)cc(C(=O)N(C[C@@H](O)[C@@H](N)Cc2cc(F)cc(F)c2)C2CCCCCC2)c1. The van der Waals surface area contributed by atoms with Crippen molar-refractivity contribution in [3.63, 3.8) is 0 Å². The number of amides is 2. The first kappa shape index (κ1) is 31.7. The highest BCUT2D eigenvalue weighted by atomic mass is 19.1. The first-order chi connectivity index (χ1) is 19.1. The molecule has 2 aromatic rings. The lowest BCUT2D eigenvalue weighted by atomic mass is 9.98. The number of aliphatic hydroxyl groups is 1. The topological polar surface area (TPSA) is 86.9 Å². The Kier molecular flexibility index (Phi) is 12.1. The molecule has 3 N–H and O–H groups in total. The zero-order chi connectivity index (χ0) is 29.2. The number of hydrogen-bond donors (Lipinski definition) is 2. The summed E-state index contributed by atoms with van der Waals surface area (Å²) in [5.41, 5.74) is 8.35. The van der Waals surface area contributed by atoms with Crippen LogP contribution < -0.4 is 5.73 Å². The van der Waals surface area contributed by atoms with Gasteiger partial charge < -0.3 is 20.6 Å². The van der Waals surface area contributed by atoms with E-state index in [1.54, 1.807) is 17.0 Å². The van der Waals surface area contributed by atoms with E-state index in [-0.39, 0.29) is 30.8 Å². The number of aryl methyl sites for hydroxylation is 1. The monoisotopic (exact) mass is 557 g/mol. The Labute approximate surface area is 237 Å². The molecule has 40 heavy (non-hydrogen) atoms. The van der Waals surface area contributed by atoms with Crippen molar-refractivity contribution in [1.82, 2.24) is 9.80 Å². The average Bonchev–Trinajstić information content (AvgIpc) is 3.19. The Morgan fingerprint density at radius 1 is 0.900 bits per heavy atom. The zero-order valence-corrected chi connectivity index (χ0v) is 24.2. The molecular formula is C32H45F2N3O3. The van der Waals surface area contributed by atoms with E-state index in [9.17, 15) is 23.5 Å². The fourth-order valence-electron chi connectivity index (χ4n) is 5.67. The van der Waals surface area contributed by atoms with E-state index < -0.39 is 23.8 Å². The normalized spacial score (nSPS) is 15.8. The predicted octanol–water partition coefficient (Wildman–Crippen LogP) is 5.63. The van der Waals surface area contributed by atoms with Crippen molar-refractivity contribution < 1.29 is 23.5 Å². The Bertz CT molecular complexity index is 1110. The van der Waals surface area contributed by atoms with E-state index >= 15 is 0 Å². The number of rotatable bonds is 12. The van der Waals surface area contributed by atoms with Crippen LogP contribution in [-0.2, 0) is 6.42 Å². The van der Waals surface area contributed by atoms with Gasteiger partial charge in [-0.15, -0.1) is 0 Å². The van der Waals surface area contributed by atoms with Crippen molar-refractivity contribution in [2.24, 2.45) is 5.73 Å². The molecule has 6 nitrogen and oxygen atoms in total. The third-order valence-corrected chi connectivity index (χ3v) is 7.64. The molecule has 0 unspecified atom stereocenters. The molecule has 0 aromatic heterocycles. The summed E-state index contributed by atoms with van der Waals surface area (Å²) in [5, 5.41) is 11.1. The highest BCUT2D eigenvalue weighted by Crippen LogP contribution is 2.25. The molecule has 0 aliphatic heterocycles. The molecule has 2 atom stereocenters. The maximum atomic E-state index is 14.1. The standard InChI is InChI=1S/C32H45F2N3O3/c1-4-12-36(13-5-2)31(39)24-14-22(3)15-25(19-24)32(40)37(28-10-8-6-7-9-11-28)21-30(38)29(35)18-23-16-26(33)20-27(34)17-23/h14-17,19-20,28-30,38H,4-13,18,21,35H2,1-3H3/t29-,30+/m0/s1. The van der Waals surface area contributed by atoms with E-state index in [0.717, 1.165) is 63.0 Å². The summed E-state index contributed by atoms with van der Waals surface area (Å²) in [4.78, 5) is 30.9. The predicted molar refractivity (Wildman–Crippen MR) is 154 cm³/mol. The van der Waals surface area contributed by atoms with Gasteiger partial charge in [-0.2, -0.15) is 0 Å². The van der Waals surface area contributed by atoms with Gasteiger partial charge in [0.2, 0.25) is 0 Å². The number of aliphatic hydroxyl groups excluding tert-OH is 1. The van der Waals surface area contributed by atoms with Crippen LogP contribution in [0.25, 0.3) is 0 Å². The number of carbonyl (C=O) groups excluding carboxylic acids is 2. The molecule has 2 amide bonds. The molecule has 1 aliphatic rings. The van der Waals surface area contributed by atoms with Gasteiger partial charge in [0, 0.05) is 48.9 Å². The van der Waals surface area contributed by atoms with Crippen LogP contribution >= 0.6 is 0 Å². The number of carbonyl (C=O) groups is 2. The van der Waals surface area contributed by atoms with Gasteiger partial charge in [-0.1, -0.05) is 39.5 Å². The third-order valence-electron chi connectivity index (χ3n) is 7.64. The van der Waals surface area contributed by atoms with Crippen molar-refractivity contribution in [3.8, 4) is 0 Å². The van der Waals surface area contributed by atoms with Gasteiger partial charge in [-0.25, -0.2) is 8.78 Å². The van der Waals surface area contributed by atoms with Gasteiger partial charge >= 0.3 is 0 Å². The highest BCUT2D eigenvalue weighted by Gasteiger charge is 2.30. The minimum absolute atomic E-state index is 0.00250. The summed E-state index contributed by atoms with van der Waals surface area (Å²) in [6.45, 7) is 7.24. The van der Waals surface area contributed by atoms with E-state index in [4.69, 9.17) is 5.73 Å². The molecule has 0 spiro atoms. The number of benzene rings is 2. The fraction of sp³-hybridized carbons (Fsp3) is 0.562. The minimum Gasteiger partial charge on any atom is -0.390 e. The van der Waals surface area contributed by atoms with Crippen LogP contribution in [0.15, 0.2) is 36.4 Å². The molecule has 0 radical (unpaired) electrons. The van der Waals surface area contributed by atoms with Crippen LogP contribution in [-0.4, -0.2) is 64.5 Å². The van der Waals surface area contributed by atoms with Gasteiger partial charge in [0.1, 0.15) is 11.6 Å². The quantitative estimate of drug-likeness (QED) is 0.331. The Morgan fingerprint density at radius 3 is 2.00 bits per heavy atom. The van der Waals surface area contributed by atoms with Crippen molar-refractivity contribution in [3.05, 3.63) is 70.3 Å². The Balaban J connectivity index is 1.87. The maximum absolute atomic E-state index is 14.1. The summed E-state index contributed by atoms with van der Waals surface area (Å²) in [7, 11) is 0. The number of nitrogens with two attached hydrogens (primary N) is 1. The molecule has 2 aromatic carbocycles. The molecule has 0 saturated heterocycles. The summed E-state index contributed by atoms with van der Waals surface area (Å²) >= 11 is 0. The average molecular weight is 558 g/mol. The third kappa shape index (κ3) is 8.83. The number of halogens is 2. The van der Waals surface area contributed by atoms with Gasteiger partial charge in [-0.05, 0) is 80.5 Å². The summed E-state index contributed by atoms with van der Waals surface area (Å²) < 4.78 is 27.4. The van der Waals surface area contributed by atoms with E-state index in [1.807, 2.05) is 31.7 Å².